The Hall–Kier alpha value is -0.800. The summed E-state index contributed by atoms with van der Waals surface area (Å²) >= 11 is 1.73. The third-order valence-corrected chi connectivity index (χ3v) is 3.96. The summed E-state index contributed by atoms with van der Waals surface area (Å²) in [6.07, 6.45) is 0. The molecule has 0 unspecified atom stereocenters. The van der Waals surface area contributed by atoms with Crippen LogP contribution in [0.1, 0.15) is 29.8 Å². The number of benzene rings is 1. The van der Waals surface area contributed by atoms with Crippen LogP contribution in [0.4, 0.5) is 0 Å². The topological polar surface area (TPSA) is 20.3 Å². The van der Waals surface area contributed by atoms with Crippen LogP contribution in [0.25, 0.3) is 0 Å². The normalized spacial score (nSPS) is 10.9. The molecule has 1 aromatic carbocycles. The molecule has 0 spiro atoms. The maximum atomic E-state index is 11.9. The maximum absolute atomic E-state index is 11.9. The summed E-state index contributed by atoms with van der Waals surface area (Å²) in [5.41, 5.74) is 1.99. The van der Waals surface area contributed by atoms with E-state index in [2.05, 4.69) is 18.7 Å². The van der Waals surface area contributed by atoms with Crippen LogP contribution < -0.4 is 0 Å². The van der Waals surface area contributed by atoms with Crippen molar-refractivity contribution in [1.29, 1.82) is 0 Å². The SMILES string of the molecule is CCN(CC)CCSCC(=O)c1cccc(C)c1. The Balaban J connectivity index is 2.29. The Morgan fingerprint density at radius 1 is 1.28 bits per heavy atom. The largest absolute Gasteiger partial charge is 0.303 e. The molecule has 0 saturated carbocycles. The van der Waals surface area contributed by atoms with Gasteiger partial charge in [-0.15, -0.1) is 0 Å². The zero-order chi connectivity index (χ0) is 13.4. The van der Waals surface area contributed by atoms with E-state index in [0.717, 1.165) is 36.5 Å². The number of hydrogen-bond donors (Lipinski definition) is 0. The van der Waals surface area contributed by atoms with Gasteiger partial charge in [-0.1, -0.05) is 37.6 Å². The van der Waals surface area contributed by atoms with Crippen molar-refractivity contribution >= 4 is 17.5 Å². The van der Waals surface area contributed by atoms with E-state index in [4.69, 9.17) is 0 Å². The molecular formula is C15H23NOS. The van der Waals surface area contributed by atoms with Crippen LogP contribution in [0.2, 0.25) is 0 Å². The van der Waals surface area contributed by atoms with Gasteiger partial charge in [-0.3, -0.25) is 4.79 Å². The number of thioether (sulfide) groups is 1. The van der Waals surface area contributed by atoms with E-state index in [9.17, 15) is 4.79 Å². The first kappa shape index (κ1) is 15.3. The predicted octanol–water partition coefficient (Wildman–Crippen LogP) is 3.25. The number of hydrogen-bond acceptors (Lipinski definition) is 3. The second kappa shape index (κ2) is 8.33. The first-order chi connectivity index (χ1) is 8.67. The van der Waals surface area contributed by atoms with Gasteiger partial charge in [-0.2, -0.15) is 11.8 Å². The van der Waals surface area contributed by atoms with Crippen LogP contribution in [0.5, 0.6) is 0 Å². The Kier molecular flexibility index (Phi) is 7.06. The summed E-state index contributed by atoms with van der Waals surface area (Å²) < 4.78 is 0. The lowest BCUT2D eigenvalue weighted by molar-refractivity contribution is 0.102. The molecule has 0 aliphatic carbocycles. The van der Waals surface area contributed by atoms with Gasteiger partial charge in [0.2, 0.25) is 0 Å². The molecule has 0 aliphatic rings. The minimum Gasteiger partial charge on any atom is -0.303 e. The van der Waals surface area contributed by atoms with Gasteiger partial charge in [0.15, 0.2) is 5.78 Å². The summed E-state index contributed by atoms with van der Waals surface area (Å²) in [7, 11) is 0. The second-order valence-electron chi connectivity index (χ2n) is 4.37. The van der Waals surface area contributed by atoms with Gasteiger partial charge in [0.25, 0.3) is 0 Å². The minimum atomic E-state index is 0.239. The zero-order valence-corrected chi connectivity index (χ0v) is 12.4. The fourth-order valence-electron chi connectivity index (χ4n) is 1.80. The molecule has 0 N–H and O–H groups in total. The van der Waals surface area contributed by atoms with Crippen molar-refractivity contribution in [3.63, 3.8) is 0 Å². The number of carbonyl (C=O) groups is 1. The van der Waals surface area contributed by atoms with Gasteiger partial charge in [0, 0.05) is 17.9 Å². The van der Waals surface area contributed by atoms with E-state index < -0.39 is 0 Å². The Morgan fingerprint density at radius 2 is 2.00 bits per heavy atom. The van der Waals surface area contributed by atoms with E-state index in [0.29, 0.717) is 5.75 Å². The van der Waals surface area contributed by atoms with Crippen molar-refractivity contribution in [2.24, 2.45) is 0 Å². The number of ketones is 1. The minimum absolute atomic E-state index is 0.239. The third kappa shape index (κ3) is 5.23. The average molecular weight is 265 g/mol. The van der Waals surface area contributed by atoms with E-state index >= 15 is 0 Å². The summed E-state index contributed by atoms with van der Waals surface area (Å²) in [6, 6.07) is 7.83. The fourth-order valence-corrected chi connectivity index (χ4v) is 2.68. The highest BCUT2D eigenvalue weighted by molar-refractivity contribution is 8.00. The third-order valence-electron chi connectivity index (χ3n) is 3.02. The number of nitrogens with zero attached hydrogens (tertiary/aromatic N) is 1. The van der Waals surface area contributed by atoms with E-state index in [1.807, 2.05) is 31.2 Å². The number of aryl methyl sites for hydroxylation is 1. The van der Waals surface area contributed by atoms with Crippen LogP contribution in [0.3, 0.4) is 0 Å². The van der Waals surface area contributed by atoms with Crippen molar-refractivity contribution < 1.29 is 4.79 Å². The van der Waals surface area contributed by atoms with Gasteiger partial charge in [-0.05, 0) is 26.1 Å². The summed E-state index contributed by atoms with van der Waals surface area (Å²) in [4.78, 5) is 14.3. The van der Waals surface area contributed by atoms with Crippen LogP contribution in [-0.4, -0.2) is 41.8 Å². The second-order valence-corrected chi connectivity index (χ2v) is 5.48. The summed E-state index contributed by atoms with van der Waals surface area (Å²) in [6.45, 7) is 9.60. The van der Waals surface area contributed by atoms with Crippen molar-refractivity contribution in [1.82, 2.24) is 4.90 Å². The molecule has 0 radical (unpaired) electrons. The Labute approximate surface area is 115 Å². The molecule has 0 bridgehead atoms. The van der Waals surface area contributed by atoms with Gasteiger partial charge >= 0.3 is 0 Å². The van der Waals surface area contributed by atoms with Crippen molar-refractivity contribution in [2.45, 2.75) is 20.8 Å². The molecule has 1 aromatic rings. The highest BCUT2D eigenvalue weighted by Crippen LogP contribution is 2.09. The zero-order valence-electron chi connectivity index (χ0n) is 11.6. The standard InChI is InChI=1S/C15H23NOS/c1-4-16(5-2)9-10-18-12-15(17)14-8-6-7-13(3)11-14/h6-8,11H,4-5,9-10,12H2,1-3H3. The molecule has 0 aromatic heterocycles. The van der Waals surface area contributed by atoms with Crippen molar-refractivity contribution in [2.75, 3.05) is 31.1 Å². The predicted molar refractivity (Wildman–Crippen MR) is 80.6 cm³/mol. The van der Waals surface area contributed by atoms with Crippen molar-refractivity contribution in [3.8, 4) is 0 Å². The van der Waals surface area contributed by atoms with Crippen LogP contribution in [-0.2, 0) is 0 Å². The summed E-state index contributed by atoms with van der Waals surface area (Å²) in [5.74, 6) is 1.85. The van der Waals surface area contributed by atoms with Crippen molar-refractivity contribution in [3.05, 3.63) is 35.4 Å². The molecule has 1 rings (SSSR count). The smallest absolute Gasteiger partial charge is 0.172 e. The van der Waals surface area contributed by atoms with Gasteiger partial charge < -0.3 is 4.90 Å². The molecule has 2 nitrogen and oxygen atoms in total. The van der Waals surface area contributed by atoms with E-state index in [-0.39, 0.29) is 5.78 Å². The maximum Gasteiger partial charge on any atom is 0.172 e. The first-order valence-electron chi connectivity index (χ1n) is 6.57. The van der Waals surface area contributed by atoms with Gasteiger partial charge in [-0.25, -0.2) is 0 Å². The Morgan fingerprint density at radius 3 is 2.61 bits per heavy atom. The molecule has 0 heterocycles. The fraction of sp³-hybridized carbons (Fsp3) is 0.533. The molecule has 18 heavy (non-hydrogen) atoms. The van der Waals surface area contributed by atoms with Crippen LogP contribution in [0, 0.1) is 6.92 Å². The first-order valence-corrected chi connectivity index (χ1v) is 7.72. The number of Topliss-reactive ketones (excluding diaryl/α,β-unsaturated/α-hetero) is 1. The monoisotopic (exact) mass is 265 g/mol. The lowest BCUT2D eigenvalue weighted by Crippen LogP contribution is -2.25. The number of rotatable bonds is 8. The molecule has 0 amide bonds. The molecule has 0 atom stereocenters. The average Bonchev–Trinajstić information content (AvgIpc) is 2.38. The van der Waals surface area contributed by atoms with E-state index in [1.54, 1.807) is 11.8 Å². The molecule has 0 fully saturated rings. The highest BCUT2D eigenvalue weighted by atomic mass is 32.2. The van der Waals surface area contributed by atoms with Gasteiger partial charge in [0.1, 0.15) is 0 Å². The van der Waals surface area contributed by atoms with Crippen LogP contribution >= 0.6 is 11.8 Å². The molecule has 3 heteroatoms. The molecule has 0 saturated heterocycles. The van der Waals surface area contributed by atoms with E-state index in [1.165, 1.54) is 0 Å². The number of carbonyl (C=O) groups excluding carboxylic acids is 1. The van der Waals surface area contributed by atoms with Gasteiger partial charge in [0.05, 0.1) is 5.75 Å². The van der Waals surface area contributed by atoms with Crippen LogP contribution in [0.15, 0.2) is 24.3 Å². The quantitative estimate of drug-likeness (QED) is 0.531. The molecule has 0 aliphatic heterocycles. The summed E-state index contributed by atoms with van der Waals surface area (Å²) in [5, 5.41) is 0. The lowest BCUT2D eigenvalue weighted by atomic mass is 10.1. The Bertz CT molecular complexity index is 375. The highest BCUT2D eigenvalue weighted by Gasteiger charge is 2.06. The lowest BCUT2D eigenvalue weighted by Gasteiger charge is -2.17. The molecule has 100 valence electrons. The molecular weight excluding hydrogens is 242 g/mol.